The van der Waals surface area contributed by atoms with Crippen LogP contribution in [0.2, 0.25) is 0 Å². The van der Waals surface area contributed by atoms with Crippen molar-refractivity contribution in [2.75, 3.05) is 26.3 Å². The van der Waals surface area contributed by atoms with E-state index in [1.807, 2.05) is 37.3 Å². The van der Waals surface area contributed by atoms with Crippen molar-refractivity contribution in [1.29, 1.82) is 0 Å². The summed E-state index contributed by atoms with van der Waals surface area (Å²) < 4.78 is 38.6. The Morgan fingerprint density at radius 1 is 1.03 bits per heavy atom. The number of rotatable bonds is 8. The average molecular weight is 432 g/mol. The van der Waals surface area contributed by atoms with Crippen LogP contribution in [0.15, 0.2) is 59.5 Å². The van der Waals surface area contributed by atoms with E-state index in [2.05, 4.69) is 0 Å². The highest BCUT2D eigenvalue weighted by atomic mass is 32.2. The molecule has 0 saturated carbocycles. The molecule has 0 amide bonds. The Bertz CT molecular complexity index is 933. The van der Waals surface area contributed by atoms with E-state index in [0.717, 1.165) is 11.1 Å². The number of benzene rings is 2. The molecule has 2 aromatic rings. The molecule has 2 aromatic carbocycles. The zero-order chi connectivity index (χ0) is 21.6. The van der Waals surface area contributed by atoms with Crippen molar-refractivity contribution in [2.24, 2.45) is 5.41 Å². The van der Waals surface area contributed by atoms with Gasteiger partial charge in [0.15, 0.2) is 0 Å². The first-order chi connectivity index (χ1) is 14.4. The second kappa shape index (κ2) is 9.73. The van der Waals surface area contributed by atoms with Crippen molar-refractivity contribution in [1.82, 2.24) is 4.31 Å². The summed E-state index contributed by atoms with van der Waals surface area (Å²) in [5.74, 6) is -0.314. The molecule has 1 saturated heterocycles. The lowest BCUT2D eigenvalue weighted by Crippen LogP contribution is -2.49. The molecule has 0 radical (unpaired) electrons. The van der Waals surface area contributed by atoms with Crippen molar-refractivity contribution in [3.63, 3.8) is 0 Å². The summed E-state index contributed by atoms with van der Waals surface area (Å²) in [6.45, 7) is 5.08. The van der Waals surface area contributed by atoms with Gasteiger partial charge in [0, 0.05) is 13.1 Å². The van der Waals surface area contributed by atoms with E-state index in [9.17, 15) is 13.2 Å². The van der Waals surface area contributed by atoms with Crippen LogP contribution in [-0.4, -0.2) is 45.0 Å². The predicted molar refractivity (Wildman–Crippen MR) is 114 cm³/mol. The maximum absolute atomic E-state index is 13.0. The highest BCUT2D eigenvalue weighted by molar-refractivity contribution is 7.89. The molecule has 1 aliphatic heterocycles. The molecule has 3 rings (SSSR count). The number of piperidine rings is 1. The molecule has 30 heavy (non-hydrogen) atoms. The zero-order valence-electron chi connectivity index (χ0n) is 17.5. The van der Waals surface area contributed by atoms with Gasteiger partial charge in [-0.3, -0.25) is 4.79 Å². The average Bonchev–Trinajstić information content (AvgIpc) is 2.75. The number of carbonyl (C=O) groups is 1. The van der Waals surface area contributed by atoms with E-state index in [-0.39, 0.29) is 37.2 Å². The number of aryl methyl sites for hydroxylation is 1. The monoisotopic (exact) mass is 431 g/mol. The van der Waals surface area contributed by atoms with Crippen LogP contribution in [0.4, 0.5) is 0 Å². The molecule has 0 unspecified atom stereocenters. The molecule has 1 aliphatic rings. The molecule has 6 nitrogen and oxygen atoms in total. The largest absolute Gasteiger partial charge is 0.465 e. The quantitative estimate of drug-likeness (QED) is 0.598. The van der Waals surface area contributed by atoms with Crippen molar-refractivity contribution in [2.45, 2.75) is 38.2 Å². The molecular weight excluding hydrogens is 402 g/mol. The van der Waals surface area contributed by atoms with Crippen LogP contribution < -0.4 is 0 Å². The minimum absolute atomic E-state index is 0.207. The van der Waals surface area contributed by atoms with Gasteiger partial charge < -0.3 is 9.47 Å². The molecule has 7 heteroatoms. The van der Waals surface area contributed by atoms with Crippen LogP contribution in [0.25, 0.3) is 0 Å². The smallest absolute Gasteiger partial charge is 0.314 e. The number of ether oxygens (including phenoxy) is 2. The number of hydrogen-bond acceptors (Lipinski definition) is 5. The third kappa shape index (κ3) is 5.09. The van der Waals surface area contributed by atoms with Crippen molar-refractivity contribution >= 4 is 16.0 Å². The van der Waals surface area contributed by atoms with E-state index in [4.69, 9.17) is 9.47 Å². The van der Waals surface area contributed by atoms with Crippen molar-refractivity contribution in [3.8, 4) is 0 Å². The number of sulfonamides is 1. The van der Waals surface area contributed by atoms with Gasteiger partial charge in [0.1, 0.15) is 0 Å². The first-order valence-corrected chi connectivity index (χ1v) is 11.7. The third-order valence-corrected chi connectivity index (χ3v) is 7.45. The molecule has 1 fully saturated rings. The minimum Gasteiger partial charge on any atom is -0.465 e. The van der Waals surface area contributed by atoms with Crippen molar-refractivity contribution in [3.05, 3.63) is 65.7 Å². The lowest BCUT2D eigenvalue weighted by molar-refractivity contribution is -0.163. The summed E-state index contributed by atoms with van der Waals surface area (Å²) in [6.07, 6.45) is 0.734. The lowest BCUT2D eigenvalue weighted by Gasteiger charge is -2.39. The summed E-state index contributed by atoms with van der Waals surface area (Å²) in [6, 6.07) is 16.6. The normalized spacial score (nSPS) is 16.9. The zero-order valence-corrected chi connectivity index (χ0v) is 18.4. The van der Waals surface area contributed by atoms with Gasteiger partial charge in [-0.1, -0.05) is 48.0 Å². The number of carbonyl (C=O) groups excluding carboxylic acids is 1. The predicted octanol–water partition coefficient (Wildman–Crippen LogP) is 3.55. The van der Waals surface area contributed by atoms with Gasteiger partial charge in [-0.15, -0.1) is 0 Å². The Morgan fingerprint density at radius 2 is 1.67 bits per heavy atom. The first kappa shape index (κ1) is 22.5. The van der Waals surface area contributed by atoms with Gasteiger partial charge in [0.25, 0.3) is 0 Å². The maximum Gasteiger partial charge on any atom is 0.314 e. The molecule has 162 valence electrons. The highest BCUT2D eigenvalue weighted by Crippen LogP contribution is 2.36. The molecule has 0 aromatic heterocycles. The van der Waals surface area contributed by atoms with E-state index in [1.165, 1.54) is 4.31 Å². The van der Waals surface area contributed by atoms with Crippen molar-refractivity contribution < 1.29 is 22.7 Å². The standard InChI is InChI=1S/C23H29NO5S/c1-3-29-22(25)23(18-28-17-20-7-5-4-6-8-20)13-15-24(16-14-23)30(26,27)21-11-9-19(2)10-12-21/h4-12H,3,13-18H2,1-2H3. The highest BCUT2D eigenvalue weighted by Gasteiger charge is 2.45. The number of esters is 1. The van der Waals surface area contributed by atoms with Crippen LogP contribution in [0.5, 0.6) is 0 Å². The second-order valence-corrected chi connectivity index (χ2v) is 9.63. The fraction of sp³-hybridized carbons (Fsp3) is 0.435. The topological polar surface area (TPSA) is 72.9 Å². The van der Waals surface area contributed by atoms with Gasteiger partial charge in [0.2, 0.25) is 10.0 Å². The van der Waals surface area contributed by atoms with E-state index < -0.39 is 15.4 Å². The van der Waals surface area contributed by atoms with Crippen LogP contribution in [-0.2, 0) is 30.9 Å². The Morgan fingerprint density at radius 3 is 2.27 bits per heavy atom. The van der Waals surface area contributed by atoms with Crippen LogP contribution in [0.3, 0.4) is 0 Å². The Kier molecular flexibility index (Phi) is 7.28. The van der Waals surface area contributed by atoms with E-state index in [1.54, 1.807) is 31.2 Å². The molecule has 0 N–H and O–H groups in total. The van der Waals surface area contributed by atoms with Gasteiger partial charge in [-0.05, 0) is 44.4 Å². The van der Waals surface area contributed by atoms with Gasteiger partial charge in [0.05, 0.1) is 30.1 Å². The Hall–Kier alpha value is -2.22. The molecule has 0 aliphatic carbocycles. The van der Waals surface area contributed by atoms with Crippen LogP contribution >= 0.6 is 0 Å². The summed E-state index contributed by atoms with van der Waals surface area (Å²) in [4.78, 5) is 13.0. The molecule has 0 spiro atoms. The SMILES string of the molecule is CCOC(=O)C1(COCc2ccccc2)CCN(S(=O)(=O)c2ccc(C)cc2)CC1. The molecule has 0 bridgehead atoms. The van der Waals surface area contributed by atoms with Crippen LogP contribution in [0.1, 0.15) is 30.9 Å². The molecule has 1 heterocycles. The Balaban J connectivity index is 1.69. The third-order valence-electron chi connectivity index (χ3n) is 5.54. The lowest BCUT2D eigenvalue weighted by atomic mass is 9.79. The summed E-state index contributed by atoms with van der Waals surface area (Å²) in [5.41, 5.74) is 1.20. The minimum atomic E-state index is -3.59. The van der Waals surface area contributed by atoms with E-state index >= 15 is 0 Å². The van der Waals surface area contributed by atoms with Gasteiger partial charge in [-0.2, -0.15) is 4.31 Å². The first-order valence-electron chi connectivity index (χ1n) is 10.2. The fourth-order valence-corrected chi connectivity index (χ4v) is 5.09. The van der Waals surface area contributed by atoms with E-state index in [0.29, 0.717) is 19.4 Å². The summed E-state index contributed by atoms with van der Waals surface area (Å²) in [7, 11) is -3.59. The summed E-state index contributed by atoms with van der Waals surface area (Å²) in [5, 5.41) is 0. The van der Waals surface area contributed by atoms with Gasteiger partial charge in [-0.25, -0.2) is 8.42 Å². The maximum atomic E-state index is 13.0. The molecule has 0 atom stereocenters. The van der Waals surface area contributed by atoms with Gasteiger partial charge >= 0.3 is 5.97 Å². The Labute approximate surface area is 178 Å². The second-order valence-electron chi connectivity index (χ2n) is 7.70. The summed E-state index contributed by atoms with van der Waals surface area (Å²) >= 11 is 0. The molecular formula is C23H29NO5S. The number of nitrogens with zero attached hydrogens (tertiary/aromatic N) is 1. The van der Waals surface area contributed by atoms with Crippen LogP contribution in [0, 0.1) is 12.3 Å². The fourth-order valence-electron chi connectivity index (χ4n) is 3.64. The number of hydrogen-bond donors (Lipinski definition) is 0.